The Morgan fingerprint density at radius 3 is 2.35 bits per heavy atom. The first kappa shape index (κ1) is 19.1. The average molecular weight is 470 g/mol. The summed E-state index contributed by atoms with van der Waals surface area (Å²) in [4.78, 5) is 12.9. The van der Waals surface area contributed by atoms with Gasteiger partial charge in [0, 0.05) is 18.4 Å². The molecule has 2 heterocycles. The number of alkyl halides is 3. The monoisotopic (exact) mass is 468 g/mol. The maximum absolute atomic E-state index is 12.9. The highest BCUT2D eigenvalue weighted by molar-refractivity contribution is 9.10. The molecule has 26 heavy (non-hydrogen) atoms. The Morgan fingerprint density at radius 2 is 1.81 bits per heavy atom. The molecule has 2 aromatic heterocycles. The summed E-state index contributed by atoms with van der Waals surface area (Å²) in [6.07, 6.45) is -3.27. The second-order valence-electron chi connectivity index (χ2n) is 5.27. The van der Waals surface area contributed by atoms with Crippen molar-refractivity contribution in [3.8, 4) is 11.4 Å². The lowest BCUT2D eigenvalue weighted by Crippen LogP contribution is -2.19. The predicted octanol–water partition coefficient (Wildman–Crippen LogP) is 5.78. The van der Waals surface area contributed by atoms with Gasteiger partial charge in [0.25, 0.3) is 5.56 Å². The quantitative estimate of drug-likeness (QED) is 0.487. The molecule has 0 aliphatic heterocycles. The van der Waals surface area contributed by atoms with Crippen molar-refractivity contribution in [2.75, 3.05) is 0 Å². The average Bonchev–Trinajstić information content (AvgIpc) is 2.82. The lowest BCUT2D eigenvalue weighted by molar-refractivity contribution is -0.274. The van der Waals surface area contributed by atoms with Gasteiger partial charge in [-0.15, -0.1) is 13.2 Å². The summed E-state index contributed by atoms with van der Waals surface area (Å²) in [6.45, 7) is 2.37. The van der Waals surface area contributed by atoms with E-state index in [1.165, 1.54) is 22.9 Å². The van der Waals surface area contributed by atoms with Gasteiger partial charge in [-0.3, -0.25) is 9.36 Å². The number of aromatic nitrogens is 2. The first-order chi connectivity index (χ1) is 12.1. The summed E-state index contributed by atoms with van der Waals surface area (Å²) in [5, 5.41) is 0.595. The second-order valence-corrected chi connectivity index (χ2v) is 6.86. The minimum Gasteiger partial charge on any atom is -0.406 e. The van der Waals surface area contributed by atoms with Gasteiger partial charge in [0.1, 0.15) is 10.9 Å². The molecule has 0 amide bonds. The van der Waals surface area contributed by atoms with Gasteiger partial charge in [0.15, 0.2) is 0 Å². The van der Waals surface area contributed by atoms with Crippen molar-refractivity contribution < 1.29 is 17.9 Å². The predicted molar refractivity (Wildman–Crippen MR) is 97.6 cm³/mol. The molecule has 0 bridgehead atoms. The third-order valence-corrected chi connectivity index (χ3v) is 5.15. The number of ether oxygens (including phenoxy) is 1. The van der Waals surface area contributed by atoms with Crippen molar-refractivity contribution in [1.29, 1.82) is 0 Å². The van der Waals surface area contributed by atoms with Crippen LogP contribution >= 0.6 is 39.1 Å². The van der Waals surface area contributed by atoms with Gasteiger partial charge in [-0.05, 0) is 47.1 Å². The Hall–Kier alpha value is -1.64. The summed E-state index contributed by atoms with van der Waals surface area (Å²) < 4.78 is 44.1. The molecule has 1 aromatic carbocycles. The molecule has 0 atom stereocenters. The molecule has 3 rings (SSSR count). The van der Waals surface area contributed by atoms with E-state index in [1.54, 1.807) is 4.57 Å². The first-order valence-electron chi connectivity index (χ1n) is 7.28. The van der Waals surface area contributed by atoms with Crippen LogP contribution in [0.1, 0.15) is 6.92 Å². The molecular weight excluding hydrogens is 460 g/mol. The summed E-state index contributed by atoms with van der Waals surface area (Å²) >= 11 is 15.8. The van der Waals surface area contributed by atoms with Crippen molar-refractivity contribution in [1.82, 2.24) is 9.13 Å². The van der Waals surface area contributed by atoms with E-state index in [0.717, 1.165) is 12.1 Å². The van der Waals surface area contributed by atoms with E-state index in [-0.39, 0.29) is 21.3 Å². The van der Waals surface area contributed by atoms with E-state index >= 15 is 0 Å². The molecule has 0 unspecified atom stereocenters. The van der Waals surface area contributed by atoms with Crippen molar-refractivity contribution >= 4 is 50.0 Å². The number of hydrogen-bond donors (Lipinski definition) is 0. The van der Waals surface area contributed by atoms with E-state index in [0.29, 0.717) is 22.2 Å². The smallest absolute Gasteiger partial charge is 0.406 e. The summed E-state index contributed by atoms with van der Waals surface area (Å²) in [7, 11) is 0. The topological polar surface area (TPSA) is 36.2 Å². The van der Waals surface area contributed by atoms with Crippen molar-refractivity contribution in [2.45, 2.75) is 19.8 Å². The molecule has 3 aromatic rings. The van der Waals surface area contributed by atoms with E-state index in [2.05, 4.69) is 20.7 Å². The van der Waals surface area contributed by atoms with E-state index < -0.39 is 11.9 Å². The van der Waals surface area contributed by atoms with Gasteiger partial charge in [-0.2, -0.15) is 0 Å². The second kappa shape index (κ2) is 6.83. The van der Waals surface area contributed by atoms with E-state index in [9.17, 15) is 18.0 Å². The van der Waals surface area contributed by atoms with Crippen molar-refractivity contribution in [3.05, 3.63) is 55.5 Å². The van der Waals surface area contributed by atoms with Crippen molar-refractivity contribution in [2.24, 2.45) is 0 Å². The van der Waals surface area contributed by atoms with Crippen LogP contribution in [0.5, 0.6) is 5.75 Å². The number of rotatable bonds is 3. The van der Waals surface area contributed by atoms with Crippen LogP contribution < -0.4 is 10.3 Å². The van der Waals surface area contributed by atoms with Gasteiger partial charge in [-0.25, -0.2) is 0 Å². The summed E-state index contributed by atoms with van der Waals surface area (Å²) in [5.74, 6) is -0.382. The molecular formula is C16H10BrCl2F3N2O2. The number of fused-ring (bicyclic) bond motifs is 1. The van der Waals surface area contributed by atoms with Crippen LogP contribution in [-0.2, 0) is 6.54 Å². The Balaban J connectivity index is 2.16. The Labute approximate surface area is 163 Å². The molecule has 0 aliphatic carbocycles. The zero-order chi connectivity index (χ0) is 19.2. The third-order valence-electron chi connectivity index (χ3n) is 3.71. The highest BCUT2D eigenvalue weighted by Gasteiger charge is 2.31. The largest absolute Gasteiger partial charge is 0.573 e. The third kappa shape index (κ3) is 3.33. The molecule has 0 aliphatic rings. The Kier molecular flexibility index (Phi) is 5.02. The summed E-state index contributed by atoms with van der Waals surface area (Å²) in [6, 6.07) is 4.93. The lowest BCUT2D eigenvalue weighted by Gasteiger charge is -2.11. The number of aryl methyl sites for hydroxylation is 1. The molecule has 138 valence electrons. The number of benzene rings is 1. The number of halogens is 6. The Morgan fingerprint density at radius 1 is 1.19 bits per heavy atom. The molecule has 4 nitrogen and oxygen atoms in total. The van der Waals surface area contributed by atoms with Gasteiger partial charge < -0.3 is 9.30 Å². The summed E-state index contributed by atoms with van der Waals surface area (Å²) in [5.41, 5.74) is 0.469. The zero-order valence-electron chi connectivity index (χ0n) is 13.1. The minimum absolute atomic E-state index is 0.126. The molecule has 0 saturated heterocycles. The van der Waals surface area contributed by atoms with Gasteiger partial charge in [0.05, 0.1) is 20.4 Å². The molecule has 0 spiro atoms. The molecule has 0 radical (unpaired) electrons. The SMILES string of the molecule is CCn1c(Cl)c(Cl)c2c(=O)n(-c3ccc(OC(F)(F)F)cc3)cc(Br)c21. The molecule has 0 saturated carbocycles. The van der Waals surface area contributed by atoms with Gasteiger partial charge >= 0.3 is 6.36 Å². The zero-order valence-corrected chi connectivity index (χ0v) is 16.2. The van der Waals surface area contributed by atoms with Crippen LogP contribution in [0.3, 0.4) is 0 Å². The van der Waals surface area contributed by atoms with Crippen LogP contribution in [0.25, 0.3) is 16.6 Å². The van der Waals surface area contributed by atoms with Crippen LogP contribution in [-0.4, -0.2) is 15.5 Å². The van der Waals surface area contributed by atoms with Crippen LogP contribution in [0, 0.1) is 0 Å². The fraction of sp³-hybridized carbons (Fsp3) is 0.188. The standard InChI is InChI=1S/C16H10BrCl2F3N2O2/c1-2-23-13-10(17)7-24(15(25)11(13)12(18)14(23)19)8-3-5-9(6-4-8)26-16(20,21)22/h3-7H,2H2,1H3. The highest BCUT2D eigenvalue weighted by Crippen LogP contribution is 2.36. The fourth-order valence-corrected chi connectivity index (χ4v) is 3.84. The van der Waals surface area contributed by atoms with Crippen molar-refractivity contribution in [3.63, 3.8) is 0 Å². The number of nitrogens with zero attached hydrogens (tertiary/aromatic N) is 2. The lowest BCUT2D eigenvalue weighted by atomic mass is 10.2. The van der Waals surface area contributed by atoms with E-state index in [4.69, 9.17) is 23.2 Å². The normalized spacial score (nSPS) is 12.0. The fourth-order valence-electron chi connectivity index (χ4n) is 2.65. The van der Waals surface area contributed by atoms with Crippen LogP contribution in [0.15, 0.2) is 39.7 Å². The molecule has 0 fully saturated rings. The van der Waals surface area contributed by atoms with Crippen LogP contribution in [0.4, 0.5) is 13.2 Å². The van der Waals surface area contributed by atoms with Gasteiger partial charge in [0.2, 0.25) is 0 Å². The maximum atomic E-state index is 12.9. The Bertz CT molecular complexity index is 1040. The minimum atomic E-state index is -4.78. The van der Waals surface area contributed by atoms with E-state index in [1.807, 2.05) is 6.92 Å². The number of pyridine rings is 1. The van der Waals surface area contributed by atoms with Gasteiger partial charge in [-0.1, -0.05) is 23.2 Å². The number of hydrogen-bond acceptors (Lipinski definition) is 2. The molecule has 10 heteroatoms. The maximum Gasteiger partial charge on any atom is 0.573 e. The highest BCUT2D eigenvalue weighted by atomic mass is 79.9. The van der Waals surface area contributed by atoms with Crippen LogP contribution in [0.2, 0.25) is 10.2 Å². The first-order valence-corrected chi connectivity index (χ1v) is 8.83. The molecule has 0 N–H and O–H groups in total.